The molecule has 2 aromatic heterocycles. The van der Waals surface area contributed by atoms with Gasteiger partial charge in [-0.2, -0.15) is 0 Å². The van der Waals surface area contributed by atoms with Crippen LogP contribution < -0.4 is 5.73 Å². The first-order valence-electron chi connectivity index (χ1n) is 5.49. The summed E-state index contributed by atoms with van der Waals surface area (Å²) >= 11 is 0. The van der Waals surface area contributed by atoms with E-state index in [1.54, 1.807) is 6.20 Å². The second-order valence-corrected chi connectivity index (χ2v) is 4.44. The Morgan fingerprint density at radius 2 is 2.31 bits per heavy atom. The molecular formula is C12H14N4. The van der Waals surface area contributed by atoms with Crippen molar-refractivity contribution in [3.8, 4) is 11.3 Å². The van der Waals surface area contributed by atoms with E-state index in [2.05, 4.69) is 21.5 Å². The van der Waals surface area contributed by atoms with Gasteiger partial charge in [0.25, 0.3) is 0 Å². The molecule has 0 bridgehead atoms. The van der Waals surface area contributed by atoms with Crippen LogP contribution in [-0.4, -0.2) is 14.5 Å². The van der Waals surface area contributed by atoms with E-state index in [-0.39, 0.29) is 0 Å². The van der Waals surface area contributed by atoms with Gasteiger partial charge in [0, 0.05) is 17.8 Å². The fourth-order valence-corrected chi connectivity index (χ4v) is 2.09. The van der Waals surface area contributed by atoms with Crippen molar-refractivity contribution in [2.24, 2.45) is 5.92 Å². The molecule has 2 aromatic rings. The van der Waals surface area contributed by atoms with Crippen LogP contribution in [0, 0.1) is 5.92 Å². The van der Waals surface area contributed by atoms with E-state index in [4.69, 9.17) is 5.73 Å². The Bertz CT molecular complexity index is 517. The van der Waals surface area contributed by atoms with Gasteiger partial charge in [0.15, 0.2) is 0 Å². The number of hydrogen-bond donors (Lipinski definition) is 1. The van der Waals surface area contributed by atoms with Crippen LogP contribution in [0.4, 0.5) is 5.82 Å². The third-order valence-corrected chi connectivity index (χ3v) is 3.17. The molecule has 2 N–H and O–H groups in total. The molecule has 3 rings (SSSR count). The SMILES string of the molecule is CC1CC1n1cncc1-c1ccnc(N)c1. The molecular weight excluding hydrogens is 200 g/mol. The molecule has 0 aromatic carbocycles. The summed E-state index contributed by atoms with van der Waals surface area (Å²) in [6, 6.07) is 4.46. The molecule has 4 heteroatoms. The number of nitrogen functional groups attached to an aromatic ring is 1. The van der Waals surface area contributed by atoms with Crippen molar-refractivity contribution in [3.05, 3.63) is 30.9 Å². The summed E-state index contributed by atoms with van der Waals surface area (Å²) in [6.07, 6.45) is 6.77. The van der Waals surface area contributed by atoms with Crippen molar-refractivity contribution in [1.82, 2.24) is 14.5 Å². The van der Waals surface area contributed by atoms with Crippen LogP contribution in [0.1, 0.15) is 19.4 Å². The normalized spacial score (nSPS) is 23.3. The Labute approximate surface area is 94.1 Å². The van der Waals surface area contributed by atoms with Gasteiger partial charge in [-0.15, -0.1) is 0 Å². The van der Waals surface area contributed by atoms with Crippen LogP contribution in [0.25, 0.3) is 11.3 Å². The van der Waals surface area contributed by atoms with E-state index < -0.39 is 0 Å². The third kappa shape index (κ3) is 1.46. The lowest BCUT2D eigenvalue weighted by atomic mass is 10.2. The largest absolute Gasteiger partial charge is 0.384 e. The highest BCUT2D eigenvalue weighted by Crippen LogP contribution is 2.44. The summed E-state index contributed by atoms with van der Waals surface area (Å²) in [6.45, 7) is 2.26. The van der Waals surface area contributed by atoms with E-state index >= 15 is 0 Å². The highest BCUT2D eigenvalue weighted by Gasteiger charge is 2.35. The summed E-state index contributed by atoms with van der Waals surface area (Å²) in [5.74, 6) is 1.31. The Hall–Kier alpha value is -1.84. The number of nitrogens with two attached hydrogens (primary N) is 1. The minimum absolute atomic E-state index is 0.550. The molecule has 1 aliphatic rings. The standard InChI is InChI=1S/C12H14N4/c1-8-4-10(8)16-7-14-6-11(16)9-2-3-15-12(13)5-9/h2-3,5-8,10H,4H2,1H3,(H2,13,15). The predicted molar refractivity (Wildman–Crippen MR) is 62.7 cm³/mol. The molecule has 2 atom stereocenters. The lowest BCUT2D eigenvalue weighted by Crippen LogP contribution is -1.97. The van der Waals surface area contributed by atoms with Gasteiger partial charge >= 0.3 is 0 Å². The lowest BCUT2D eigenvalue weighted by molar-refractivity contribution is 0.691. The summed E-state index contributed by atoms with van der Waals surface area (Å²) in [4.78, 5) is 8.23. The van der Waals surface area contributed by atoms with Gasteiger partial charge in [-0.1, -0.05) is 6.92 Å². The van der Waals surface area contributed by atoms with Crippen molar-refractivity contribution in [3.63, 3.8) is 0 Å². The van der Waals surface area contributed by atoms with Gasteiger partial charge in [0.1, 0.15) is 5.82 Å². The zero-order valence-electron chi connectivity index (χ0n) is 9.17. The lowest BCUT2D eigenvalue weighted by Gasteiger charge is -2.07. The second-order valence-electron chi connectivity index (χ2n) is 4.44. The smallest absolute Gasteiger partial charge is 0.123 e. The van der Waals surface area contributed by atoms with Crippen LogP contribution in [0.3, 0.4) is 0 Å². The topological polar surface area (TPSA) is 56.7 Å². The van der Waals surface area contributed by atoms with Gasteiger partial charge in [-0.05, 0) is 24.5 Å². The van der Waals surface area contributed by atoms with E-state index in [0.29, 0.717) is 11.9 Å². The molecule has 0 saturated heterocycles. The molecule has 0 amide bonds. The van der Waals surface area contributed by atoms with E-state index in [1.807, 2.05) is 24.7 Å². The van der Waals surface area contributed by atoms with Crippen LogP contribution in [0.2, 0.25) is 0 Å². The number of imidazole rings is 1. The van der Waals surface area contributed by atoms with E-state index in [0.717, 1.165) is 17.2 Å². The average molecular weight is 214 g/mol. The number of pyridine rings is 1. The second kappa shape index (κ2) is 3.33. The van der Waals surface area contributed by atoms with Gasteiger partial charge < -0.3 is 10.3 Å². The van der Waals surface area contributed by atoms with Crippen molar-refractivity contribution in [2.45, 2.75) is 19.4 Å². The van der Waals surface area contributed by atoms with E-state index in [9.17, 15) is 0 Å². The number of hydrogen-bond acceptors (Lipinski definition) is 3. The van der Waals surface area contributed by atoms with Crippen molar-refractivity contribution in [1.29, 1.82) is 0 Å². The number of anilines is 1. The number of aromatic nitrogens is 3. The molecule has 1 saturated carbocycles. The highest BCUT2D eigenvalue weighted by molar-refractivity contribution is 5.62. The summed E-state index contributed by atoms with van der Waals surface area (Å²) in [5.41, 5.74) is 7.91. The molecule has 2 heterocycles. The average Bonchev–Trinajstić information content (AvgIpc) is 2.80. The molecule has 0 aliphatic heterocycles. The molecule has 0 spiro atoms. The maximum Gasteiger partial charge on any atom is 0.123 e. The monoisotopic (exact) mass is 214 g/mol. The molecule has 0 radical (unpaired) electrons. The van der Waals surface area contributed by atoms with Crippen molar-refractivity contribution in [2.75, 3.05) is 5.73 Å². The fraction of sp³-hybridized carbons (Fsp3) is 0.333. The van der Waals surface area contributed by atoms with Crippen molar-refractivity contribution >= 4 is 5.82 Å². The van der Waals surface area contributed by atoms with Crippen LogP contribution in [-0.2, 0) is 0 Å². The first kappa shape index (κ1) is 9.39. The van der Waals surface area contributed by atoms with Crippen molar-refractivity contribution < 1.29 is 0 Å². The molecule has 1 aliphatic carbocycles. The molecule has 82 valence electrons. The number of nitrogens with zero attached hydrogens (tertiary/aromatic N) is 3. The predicted octanol–water partition coefficient (Wildman–Crippen LogP) is 2.11. The minimum atomic E-state index is 0.550. The quantitative estimate of drug-likeness (QED) is 0.833. The Kier molecular flexibility index (Phi) is 1.96. The molecule has 16 heavy (non-hydrogen) atoms. The summed E-state index contributed by atoms with van der Waals surface area (Å²) < 4.78 is 2.24. The highest BCUT2D eigenvalue weighted by atomic mass is 15.1. The Balaban J connectivity index is 2.03. The van der Waals surface area contributed by atoms with Gasteiger partial charge in [0.05, 0.1) is 18.2 Å². The van der Waals surface area contributed by atoms with Crippen LogP contribution in [0.15, 0.2) is 30.9 Å². The third-order valence-electron chi connectivity index (χ3n) is 3.17. The molecule has 1 fully saturated rings. The Morgan fingerprint density at radius 1 is 1.50 bits per heavy atom. The first-order valence-corrected chi connectivity index (χ1v) is 5.49. The summed E-state index contributed by atoms with van der Waals surface area (Å²) in [5, 5.41) is 0. The first-order chi connectivity index (χ1) is 7.75. The molecule has 2 unspecified atom stereocenters. The Morgan fingerprint density at radius 3 is 3.00 bits per heavy atom. The van der Waals surface area contributed by atoms with E-state index in [1.165, 1.54) is 6.42 Å². The van der Waals surface area contributed by atoms with Crippen LogP contribution in [0.5, 0.6) is 0 Å². The number of rotatable bonds is 2. The zero-order valence-corrected chi connectivity index (χ0v) is 9.17. The van der Waals surface area contributed by atoms with Gasteiger partial charge in [-0.3, -0.25) is 0 Å². The van der Waals surface area contributed by atoms with Gasteiger partial charge in [-0.25, -0.2) is 9.97 Å². The zero-order chi connectivity index (χ0) is 11.1. The van der Waals surface area contributed by atoms with Crippen LogP contribution >= 0.6 is 0 Å². The maximum absolute atomic E-state index is 5.69. The maximum atomic E-state index is 5.69. The van der Waals surface area contributed by atoms with Gasteiger partial charge in [0.2, 0.25) is 0 Å². The summed E-state index contributed by atoms with van der Waals surface area (Å²) in [7, 11) is 0. The minimum Gasteiger partial charge on any atom is -0.384 e. The molecule has 4 nitrogen and oxygen atoms in total. The fourth-order valence-electron chi connectivity index (χ4n) is 2.09.